The maximum atomic E-state index is 10.2. The second-order valence-electron chi connectivity index (χ2n) is 2.78. The van der Waals surface area contributed by atoms with Crippen LogP contribution in [0.3, 0.4) is 0 Å². The molecule has 0 fully saturated rings. The van der Waals surface area contributed by atoms with E-state index in [1.54, 1.807) is 6.07 Å². The molecule has 0 amide bonds. The van der Waals surface area contributed by atoms with Gasteiger partial charge in [-0.3, -0.25) is 4.79 Å². The fourth-order valence-electron chi connectivity index (χ4n) is 1.36. The Kier molecular flexibility index (Phi) is 2.10. The van der Waals surface area contributed by atoms with E-state index in [0.717, 1.165) is 10.9 Å². The molecule has 0 saturated heterocycles. The van der Waals surface area contributed by atoms with Gasteiger partial charge in [0.05, 0.1) is 7.11 Å². The molecule has 1 heterocycles. The summed E-state index contributed by atoms with van der Waals surface area (Å²) in [5.74, 6) is 0.960. The predicted molar refractivity (Wildman–Crippen MR) is 51.5 cm³/mol. The first-order valence-electron chi connectivity index (χ1n) is 4.10. The molecular formula is C10H9NO3. The van der Waals surface area contributed by atoms with Crippen LogP contribution < -0.4 is 9.47 Å². The largest absolute Gasteiger partial charge is 0.493 e. The Labute approximate surface area is 80.4 Å². The van der Waals surface area contributed by atoms with Crippen molar-refractivity contribution in [1.29, 1.82) is 0 Å². The summed E-state index contributed by atoms with van der Waals surface area (Å²) in [7, 11) is 1.53. The molecule has 1 aromatic carbocycles. The zero-order valence-corrected chi connectivity index (χ0v) is 7.61. The lowest BCUT2D eigenvalue weighted by Crippen LogP contribution is -1.93. The van der Waals surface area contributed by atoms with Gasteiger partial charge in [0, 0.05) is 23.2 Å². The van der Waals surface area contributed by atoms with E-state index in [0.29, 0.717) is 18.0 Å². The van der Waals surface area contributed by atoms with E-state index in [1.807, 2.05) is 18.3 Å². The zero-order chi connectivity index (χ0) is 9.97. The Balaban J connectivity index is 2.59. The first-order chi connectivity index (χ1) is 6.85. The molecule has 0 spiro atoms. The van der Waals surface area contributed by atoms with Crippen LogP contribution in [0.2, 0.25) is 0 Å². The fourth-order valence-corrected chi connectivity index (χ4v) is 1.36. The Morgan fingerprint density at radius 2 is 2.21 bits per heavy atom. The molecule has 4 heteroatoms. The number of H-pyrrole nitrogens is 1. The van der Waals surface area contributed by atoms with Crippen molar-refractivity contribution >= 4 is 17.4 Å². The Hall–Kier alpha value is -1.97. The van der Waals surface area contributed by atoms with Crippen molar-refractivity contribution in [3.63, 3.8) is 0 Å². The van der Waals surface area contributed by atoms with Gasteiger partial charge in [-0.25, -0.2) is 0 Å². The van der Waals surface area contributed by atoms with E-state index < -0.39 is 0 Å². The molecule has 1 N–H and O–H groups in total. The van der Waals surface area contributed by atoms with E-state index >= 15 is 0 Å². The van der Waals surface area contributed by atoms with Crippen LogP contribution in [0.25, 0.3) is 10.9 Å². The minimum absolute atomic E-state index is 0.382. The molecule has 4 nitrogen and oxygen atoms in total. The molecule has 0 aliphatic carbocycles. The fraction of sp³-hybridized carbons (Fsp3) is 0.100. The van der Waals surface area contributed by atoms with E-state index in [1.165, 1.54) is 7.11 Å². The normalized spacial score (nSPS) is 10.1. The van der Waals surface area contributed by atoms with Crippen LogP contribution in [0.1, 0.15) is 0 Å². The first kappa shape index (κ1) is 8.62. The highest BCUT2D eigenvalue weighted by atomic mass is 16.5. The second-order valence-corrected chi connectivity index (χ2v) is 2.78. The van der Waals surface area contributed by atoms with Gasteiger partial charge in [0.25, 0.3) is 6.47 Å². The van der Waals surface area contributed by atoms with Gasteiger partial charge in [-0.2, -0.15) is 0 Å². The molecule has 0 unspecified atom stereocenters. The van der Waals surface area contributed by atoms with E-state index in [4.69, 9.17) is 9.47 Å². The van der Waals surface area contributed by atoms with Crippen molar-refractivity contribution in [3.05, 3.63) is 24.4 Å². The van der Waals surface area contributed by atoms with Crippen LogP contribution >= 0.6 is 0 Å². The number of ether oxygens (including phenoxy) is 2. The second kappa shape index (κ2) is 3.41. The number of methoxy groups -OCH3 is 1. The van der Waals surface area contributed by atoms with Crippen molar-refractivity contribution < 1.29 is 14.3 Å². The highest BCUT2D eigenvalue weighted by Crippen LogP contribution is 2.31. The summed E-state index contributed by atoms with van der Waals surface area (Å²) < 4.78 is 9.86. The number of benzene rings is 1. The van der Waals surface area contributed by atoms with Crippen LogP contribution in [0, 0.1) is 0 Å². The highest BCUT2D eigenvalue weighted by Gasteiger charge is 2.06. The van der Waals surface area contributed by atoms with Gasteiger partial charge in [-0.15, -0.1) is 0 Å². The molecule has 0 aliphatic rings. The van der Waals surface area contributed by atoms with Gasteiger partial charge in [0.2, 0.25) is 0 Å². The third-order valence-corrected chi connectivity index (χ3v) is 2.01. The number of carbonyl (C=O) groups excluding carboxylic acids is 1. The molecule has 0 atom stereocenters. The standard InChI is InChI=1S/C10H9NO3/c1-13-9-4-7-2-3-11-8(7)5-10(9)14-6-12/h2-6,11H,1H3. The van der Waals surface area contributed by atoms with Gasteiger partial charge in [0.1, 0.15) is 0 Å². The van der Waals surface area contributed by atoms with Gasteiger partial charge in [-0.1, -0.05) is 0 Å². The third kappa shape index (κ3) is 1.31. The summed E-state index contributed by atoms with van der Waals surface area (Å²) in [5.41, 5.74) is 0.905. The summed E-state index contributed by atoms with van der Waals surface area (Å²) in [4.78, 5) is 13.2. The maximum Gasteiger partial charge on any atom is 0.298 e. The van der Waals surface area contributed by atoms with E-state index in [2.05, 4.69) is 4.98 Å². The lowest BCUT2D eigenvalue weighted by Gasteiger charge is -2.05. The maximum absolute atomic E-state index is 10.2. The van der Waals surface area contributed by atoms with Crippen molar-refractivity contribution in [2.24, 2.45) is 0 Å². The highest BCUT2D eigenvalue weighted by molar-refractivity contribution is 5.83. The SMILES string of the molecule is COc1cc2cc[nH]c2cc1OC=O. The van der Waals surface area contributed by atoms with E-state index in [9.17, 15) is 4.79 Å². The summed E-state index contributed by atoms with van der Waals surface area (Å²) in [6, 6.07) is 5.45. The summed E-state index contributed by atoms with van der Waals surface area (Å²) in [5, 5.41) is 1.01. The number of carbonyl (C=O) groups is 1. The minimum Gasteiger partial charge on any atom is -0.493 e. The number of rotatable bonds is 3. The molecule has 0 aliphatic heterocycles. The number of hydrogen-bond donors (Lipinski definition) is 1. The molecule has 2 aromatic rings. The average molecular weight is 191 g/mol. The van der Waals surface area contributed by atoms with Gasteiger partial charge in [0.15, 0.2) is 11.5 Å². The lowest BCUT2D eigenvalue weighted by atomic mass is 10.2. The van der Waals surface area contributed by atoms with Gasteiger partial charge in [-0.05, 0) is 12.1 Å². The molecule has 0 bridgehead atoms. The Bertz CT molecular complexity index is 461. The number of fused-ring (bicyclic) bond motifs is 1. The number of aromatic nitrogens is 1. The Morgan fingerprint density at radius 3 is 2.93 bits per heavy atom. The van der Waals surface area contributed by atoms with Crippen molar-refractivity contribution in [1.82, 2.24) is 4.98 Å². The number of aromatic amines is 1. The van der Waals surface area contributed by atoms with Crippen molar-refractivity contribution in [3.8, 4) is 11.5 Å². The van der Waals surface area contributed by atoms with Crippen molar-refractivity contribution in [2.45, 2.75) is 0 Å². The van der Waals surface area contributed by atoms with Gasteiger partial charge >= 0.3 is 0 Å². The summed E-state index contributed by atoms with van der Waals surface area (Å²) in [6.07, 6.45) is 1.81. The first-order valence-corrected chi connectivity index (χ1v) is 4.10. The minimum atomic E-state index is 0.382. The van der Waals surface area contributed by atoms with Crippen molar-refractivity contribution in [2.75, 3.05) is 7.11 Å². The van der Waals surface area contributed by atoms with Gasteiger partial charge < -0.3 is 14.5 Å². The lowest BCUT2D eigenvalue weighted by molar-refractivity contribution is -0.120. The average Bonchev–Trinajstić information content (AvgIpc) is 2.64. The molecular weight excluding hydrogens is 182 g/mol. The molecule has 2 rings (SSSR count). The molecule has 0 radical (unpaired) electrons. The monoisotopic (exact) mass is 191 g/mol. The van der Waals surface area contributed by atoms with Crippen LogP contribution in [0.5, 0.6) is 11.5 Å². The van der Waals surface area contributed by atoms with Crippen LogP contribution in [0.15, 0.2) is 24.4 Å². The predicted octanol–water partition coefficient (Wildman–Crippen LogP) is 1.71. The third-order valence-electron chi connectivity index (χ3n) is 2.01. The van der Waals surface area contributed by atoms with Crippen LogP contribution in [-0.2, 0) is 4.79 Å². The quantitative estimate of drug-likeness (QED) is 0.751. The molecule has 14 heavy (non-hydrogen) atoms. The summed E-state index contributed by atoms with van der Waals surface area (Å²) in [6.45, 7) is 0.382. The Morgan fingerprint density at radius 1 is 1.36 bits per heavy atom. The topological polar surface area (TPSA) is 51.3 Å². The number of nitrogens with one attached hydrogen (secondary N) is 1. The zero-order valence-electron chi connectivity index (χ0n) is 7.61. The number of hydrogen-bond acceptors (Lipinski definition) is 3. The summed E-state index contributed by atoms with van der Waals surface area (Å²) >= 11 is 0. The molecule has 72 valence electrons. The molecule has 0 saturated carbocycles. The van der Waals surface area contributed by atoms with Crippen LogP contribution in [-0.4, -0.2) is 18.6 Å². The van der Waals surface area contributed by atoms with E-state index in [-0.39, 0.29) is 0 Å². The smallest absolute Gasteiger partial charge is 0.298 e. The molecule has 1 aromatic heterocycles. The van der Waals surface area contributed by atoms with Crippen LogP contribution in [0.4, 0.5) is 0 Å².